The molecule has 2 aliphatic heterocycles. The van der Waals surface area contributed by atoms with Crippen LogP contribution in [-0.2, 0) is 4.74 Å². The summed E-state index contributed by atoms with van der Waals surface area (Å²) >= 11 is 0. The first-order valence-electron chi connectivity index (χ1n) is 8.89. The normalized spacial score (nSPS) is 19.8. The second-order valence-electron chi connectivity index (χ2n) is 7.83. The number of amides is 1. The first-order chi connectivity index (χ1) is 11.7. The summed E-state index contributed by atoms with van der Waals surface area (Å²) in [6.07, 6.45) is 0.547. The Morgan fingerprint density at radius 2 is 1.72 bits per heavy atom. The van der Waals surface area contributed by atoms with E-state index in [1.54, 1.807) is 4.90 Å². The zero-order chi connectivity index (χ0) is 18.1. The number of nitrogens with one attached hydrogen (secondary N) is 2. The standard InChI is InChI=1S/C18H29N5O2/c1-17(2,3)25-16(24)23-12-10-22(11-13-23)9-8-18(19)20-14-6-4-5-7-15(14)21-18/h4-7,20-21H,8-13,19H2,1-3H3. The van der Waals surface area contributed by atoms with Crippen molar-refractivity contribution in [3.05, 3.63) is 24.3 Å². The molecule has 0 radical (unpaired) electrons. The van der Waals surface area contributed by atoms with Gasteiger partial charge >= 0.3 is 6.09 Å². The smallest absolute Gasteiger partial charge is 0.410 e. The van der Waals surface area contributed by atoms with Gasteiger partial charge in [0.25, 0.3) is 0 Å². The van der Waals surface area contributed by atoms with Crippen LogP contribution >= 0.6 is 0 Å². The van der Waals surface area contributed by atoms with E-state index in [4.69, 9.17) is 10.5 Å². The summed E-state index contributed by atoms with van der Waals surface area (Å²) in [7, 11) is 0. The monoisotopic (exact) mass is 347 g/mol. The molecule has 0 aliphatic carbocycles. The van der Waals surface area contributed by atoms with Gasteiger partial charge in [0.2, 0.25) is 0 Å². The SMILES string of the molecule is CC(C)(C)OC(=O)N1CCN(CCC2(N)Nc3ccccc3N2)CC1. The lowest BCUT2D eigenvalue weighted by molar-refractivity contribution is 0.0141. The Morgan fingerprint density at radius 3 is 2.24 bits per heavy atom. The van der Waals surface area contributed by atoms with E-state index in [1.807, 2.05) is 45.0 Å². The molecule has 0 saturated carbocycles. The van der Waals surface area contributed by atoms with Gasteiger partial charge in [-0.25, -0.2) is 4.79 Å². The van der Waals surface area contributed by atoms with Crippen LogP contribution < -0.4 is 16.4 Å². The fourth-order valence-corrected chi connectivity index (χ4v) is 3.15. The van der Waals surface area contributed by atoms with Crippen LogP contribution in [0.25, 0.3) is 0 Å². The molecule has 2 aliphatic rings. The van der Waals surface area contributed by atoms with E-state index >= 15 is 0 Å². The number of hydrogen-bond donors (Lipinski definition) is 3. The van der Waals surface area contributed by atoms with Gasteiger partial charge in [-0.1, -0.05) is 12.1 Å². The van der Waals surface area contributed by atoms with E-state index in [1.165, 1.54) is 0 Å². The first-order valence-corrected chi connectivity index (χ1v) is 8.89. The minimum Gasteiger partial charge on any atom is -0.444 e. The van der Waals surface area contributed by atoms with E-state index in [2.05, 4.69) is 15.5 Å². The molecule has 1 saturated heterocycles. The van der Waals surface area contributed by atoms with Crippen molar-refractivity contribution in [2.24, 2.45) is 5.73 Å². The second kappa shape index (κ2) is 6.72. The van der Waals surface area contributed by atoms with E-state index in [9.17, 15) is 4.79 Å². The van der Waals surface area contributed by atoms with E-state index < -0.39 is 11.4 Å². The Morgan fingerprint density at radius 1 is 1.16 bits per heavy atom. The number of para-hydroxylation sites is 2. The van der Waals surface area contributed by atoms with Crippen molar-refractivity contribution in [3.8, 4) is 0 Å². The molecular weight excluding hydrogens is 318 g/mol. The molecule has 4 N–H and O–H groups in total. The lowest BCUT2D eigenvalue weighted by atomic mass is 10.2. The molecule has 1 amide bonds. The van der Waals surface area contributed by atoms with Crippen molar-refractivity contribution >= 4 is 17.5 Å². The highest BCUT2D eigenvalue weighted by molar-refractivity contribution is 5.75. The summed E-state index contributed by atoms with van der Waals surface area (Å²) in [5.74, 6) is -0.619. The Labute approximate surface area is 149 Å². The topological polar surface area (TPSA) is 82.9 Å². The summed E-state index contributed by atoms with van der Waals surface area (Å²) in [5, 5.41) is 6.72. The third-order valence-corrected chi connectivity index (χ3v) is 4.49. The number of hydrogen-bond acceptors (Lipinski definition) is 6. The first kappa shape index (κ1) is 17.8. The van der Waals surface area contributed by atoms with Gasteiger partial charge in [-0.15, -0.1) is 0 Å². The van der Waals surface area contributed by atoms with Crippen LogP contribution in [0.1, 0.15) is 27.2 Å². The quantitative estimate of drug-likeness (QED) is 0.776. The van der Waals surface area contributed by atoms with E-state index in [-0.39, 0.29) is 6.09 Å². The summed E-state index contributed by atoms with van der Waals surface area (Å²) in [4.78, 5) is 16.2. The average Bonchev–Trinajstić information content (AvgIpc) is 2.88. The van der Waals surface area contributed by atoms with Crippen LogP contribution in [-0.4, -0.2) is 60.0 Å². The van der Waals surface area contributed by atoms with Crippen molar-refractivity contribution < 1.29 is 9.53 Å². The van der Waals surface area contributed by atoms with Gasteiger partial charge in [0.1, 0.15) is 5.60 Å². The third kappa shape index (κ3) is 4.55. The highest BCUT2D eigenvalue weighted by Gasteiger charge is 2.33. The number of anilines is 2. The lowest BCUT2D eigenvalue weighted by Gasteiger charge is -2.37. The van der Waals surface area contributed by atoms with Crippen LogP contribution in [0.2, 0.25) is 0 Å². The molecule has 0 aromatic heterocycles. The van der Waals surface area contributed by atoms with Crippen molar-refractivity contribution in [3.63, 3.8) is 0 Å². The summed E-state index contributed by atoms with van der Waals surface area (Å²) < 4.78 is 5.43. The Hall–Kier alpha value is -1.99. The number of rotatable bonds is 3. The maximum Gasteiger partial charge on any atom is 0.410 e. The van der Waals surface area contributed by atoms with Crippen LogP contribution in [0, 0.1) is 0 Å². The number of carbonyl (C=O) groups is 1. The minimum absolute atomic E-state index is 0.225. The maximum atomic E-state index is 12.1. The molecule has 0 bridgehead atoms. The average molecular weight is 347 g/mol. The number of nitrogens with zero attached hydrogens (tertiary/aromatic N) is 2. The van der Waals surface area contributed by atoms with Gasteiger partial charge in [0, 0.05) is 39.1 Å². The number of ether oxygens (including phenoxy) is 1. The highest BCUT2D eigenvalue weighted by Crippen LogP contribution is 2.32. The Kier molecular flexibility index (Phi) is 4.79. The van der Waals surface area contributed by atoms with Crippen LogP contribution in [0.5, 0.6) is 0 Å². The third-order valence-electron chi connectivity index (χ3n) is 4.49. The molecule has 3 rings (SSSR count). The second-order valence-corrected chi connectivity index (χ2v) is 7.83. The molecule has 138 valence electrons. The molecule has 7 nitrogen and oxygen atoms in total. The van der Waals surface area contributed by atoms with E-state index in [0.717, 1.165) is 37.4 Å². The molecule has 25 heavy (non-hydrogen) atoms. The number of carbonyl (C=O) groups excluding carboxylic acids is 1. The number of fused-ring (bicyclic) bond motifs is 1. The predicted octanol–water partition coefficient (Wildman–Crippen LogP) is 2.08. The fraction of sp³-hybridized carbons (Fsp3) is 0.611. The van der Waals surface area contributed by atoms with E-state index in [0.29, 0.717) is 13.1 Å². The number of piperazine rings is 1. The van der Waals surface area contributed by atoms with Gasteiger partial charge in [-0.3, -0.25) is 10.6 Å². The predicted molar refractivity (Wildman–Crippen MR) is 99.5 cm³/mol. The minimum atomic E-state index is -0.619. The molecular formula is C18H29N5O2. The van der Waals surface area contributed by atoms with Crippen molar-refractivity contribution in [2.45, 2.75) is 38.6 Å². The lowest BCUT2D eigenvalue weighted by Crippen LogP contribution is -2.55. The van der Waals surface area contributed by atoms with Gasteiger partial charge in [0.05, 0.1) is 11.4 Å². The van der Waals surface area contributed by atoms with Crippen molar-refractivity contribution in [2.75, 3.05) is 43.4 Å². The Bertz CT molecular complexity index is 595. The van der Waals surface area contributed by atoms with Gasteiger partial charge in [-0.2, -0.15) is 0 Å². The largest absolute Gasteiger partial charge is 0.444 e. The van der Waals surface area contributed by atoms with Crippen LogP contribution in [0.4, 0.5) is 16.2 Å². The maximum absolute atomic E-state index is 12.1. The summed E-state index contributed by atoms with van der Waals surface area (Å²) in [5.41, 5.74) is 8.07. The number of benzene rings is 1. The summed E-state index contributed by atoms with van der Waals surface area (Å²) in [6, 6.07) is 8.04. The van der Waals surface area contributed by atoms with Crippen molar-refractivity contribution in [1.82, 2.24) is 9.80 Å². The zero-order valence-corrected chi connectivity index (χ0v) is 15.3. The molecule has 1 fully saturated rings. The zero-order valence-electron chi connectivity index (χ0n) is 15.3. The van der Waals surface area contributed by atoms with Gasteiger partial charge < -0.3 is 20.3 Å². The van der Waals surface area contributed by atoms with Gasteiger partial charge in [0.15, 0.2) is 5.79 Å². The molecule has 1 aromatic carbocycles. The van der Waals surface area contributed by atoms with Crippen LogP contribution in [0.15, 0.2) is 24.3 Å². The van der Waals surface area contributed by atoms with Gasteiger partial charge in [-0.05, 0) is 32.9 Å². The molecule has 2 heterocycles. The summed E-state index contributed by atoms with van der Waals surface area (Å²) in [6.45, 7) is 9.59. The Balaban J connectivity index is 1.44. The molecule has 1 aromatic rings. The molecule has 0 atom stereocenters. The molecule has 0 unspecified atom stereocenters. The highest BCUT2D eigenvalue weighted by atomic mass is 16.6. The molecule has 7 heteroatoms. The molecule has 0 spiro atoms. The fourth-order valence-electron chi connectivity index (χ4n) is 3.15. The number of nitrogens with two attached hydrogens (primary N) is 1. The van der Waals surface area contributed by atoms with Crippen molar-refractivity contribution in [1.29, 1.82) is 0 Å². The van der Waals surface area contributed by atoms with Crippen LogP contribution in [0.3, 0.4) is 0 Å².